The SMILES string of the molecule is C=Nc1cnc(NCC2CCN(C(=O)CN)CC2)nc1C1CNc2ncc(C(F)(F)F)cc21. The zero-order chi connectivity index (χ0) is 23.6. The maximum absolute atomic E-state index is 13.2. The monoisotopic (exact) mass is 462 g/mol. The first-order chi connectivity index (χ1) is 15.8. The summed E-state index contributed by atoms with van der Waals surface area (Å²) in [6.07, 6.45) is -0.482. The van der Waals surface area contributed by atoms with Gasteiger partial charge in [-0.1, -0.05) is 0 Å². The van der Waals surface area contributed by atoms with E-state index in [0.29, 0.717) is 60.8 Å². The van der Waals surface area contributed by atoms with Gasteiger partial charge in [-0.25, -0.2) is 15.0 Å². The highest BCUT2D eigenvalue weighted by atomic mass is 19.4. The molecule has 1 unspecified atom stereocenters. The second-order valence-electron chi connectivity index (χ2n) is 8.12. The Hall–Kier alpha value is -3.28. The molecule has 4 heterocycles. The van der Waals surface area contributed by atoms with Gasteiger partial charge in [-0.05, 0) is 31.5 Å². The van der Waals surface area contributed by atoms with Gasteiger partial charge in [-0.3, -0.25) is 9.79 Å². The van der Waals surface area contributed by atoms with E-state index in [0.717, 1.165) is 25.1 Å². The number of nitrogens with two attached hydrogens (primary N) is 1. The maximum atomic E-state index is 13.2. The lowest BCUT2D eigenvalue weighted by Gasteiger charge is -2.31. The molecule has 2 aliphatic rings. The molecule has 12 heteroatoms. The number of piperidine rings is 1. The van der Waals surface area contributed by atoms with E-state index in [9.17, 15) is 18.0 Å². The molecular weight excluding hydrogens is 437 g/mol. The summed E-state index contributed by atoms with van der Waals surface area (Å²) in [7, 11) is 0. The van der Waals surface area contributed by atoms with Crippen LogP contribution in [0.3, 0.4) is 0 Å². The number of amides is 1. The van der Waals surface area contributed by atoms with Crippen LogP contribution < -0.4 is 16.4 Å². The highest BCUT2D eigenvalue weighted by molar-refractivity contribution is 5.78. The second kappa shape index (κ2) is 9.30. The average Bonchev–Trinajstić information content (AvgIpc) is 3.25. The van der Waals surface area contributed by atoms with E-state index in [4.69, 9.17) is 5.73 Å². The zero-order valence-electron chi connectivity index (χ0n) is 17.9. The van der Waals surface area contributed by atoms with E-state index in [2.05, 4.69) is 37.3 Å². The molecule has 1 fully saturated rings. The van der Waals surface area contributed by atoms with Crippen molar-refractivity contribution in [1.29, 1.82) is 0 Å². The van der Waals surface area contributed by atoms with Crippen LogP contribution in [-0.2, 0) is 11.0 Å². The van der Waals surface area contributed by atoms with Gasteiger partial charge < -0.3 is 21.3 Å². The van der Waals surface area contributed by atoms with Crippen molar-refractivity contribution in [1.82, 2.24) is 19.9 Å². The Balaban J connectivity index is 1.49. The minimum Gasteiger partial charge on any atom is -0.369 e. The predicted molar refractivity (Wildman–Crippen MR) is 118 cm³/mol. The Kier molecular flexibility index (Phi) is 6.45. The van der Waals surface area contributed by atoms with Gasteiger partial charge in [0.1, 0.15) is 11.5 Å². The smallest absolute Gasteiger partial charge is 0.369 e. The van der Waals surface area contributed by atoms with Crippen LogP contribution in [0.25, 0.3) is 0 Å². The second-order valence-corrected chi connectivity index (χ2v) is 8.12. The fraction of sp³-hybridized carbons (Fsp3) is 0.476. The number of anilines is 2. The Labute approximate surface area is 188 Å². The number of rotatable bonds is 6. The molecule has 1 amide bonds. The van der Waals surface area contributed by atoms with Gasteiger partial charge in [0.25, 0.3) is 0 Å². The zero-order valence-corrected chi connectivity index (χ0v) is 17.9. The van der Waals surface area contributed by atoms with Gasteiger partial charge in [-0.2, -0.15) is 13.2 Å². The number of nitrogens with one attached hydrogen (secondary N) is 2. The van der Waals surface area contributed by atoms with E-state index in [1.165, 1.54) is 6.20 Å². The van der Waals surface area contributed by atoms with Crippen LogP contribution >= 0.6 is 0 Å². The highest BCUT2D eigenvalue weighted by Gasteiger charge is 2.35. The van der Waals surface area contributed by atoms with Crippen molar-refractivity contribution in [3.05, 3.63) is 35.3 Å². The molecule has 1 atom stereocenters. The van der Waals surface area contributed by atoms with E-state index in [1.54, 1.807) is 4.90 Å². The van der Waals surface area contributed by atoms with Gasteiger partial charge in [-0.15, -0.1) is 0 Å². The molecule has 0 aromatic carbocycles. The molecule has 2 aromatic rings. The molecule has 176 valence electrons. The summed E-state index contributed by atoms with van der Waals surface area (Å²) in [4.78, 5) is 30.2. The number of hydrogen-bond donors (Lipinski definition) is 3. The van der Waals surface area contributed by atoms with Crippen molar-refractivity contribution in [2.45, 2.75) is 24.9 Å². The molecule has 9 nitrogen and oxygen atoms in total. The fourth-order valence-electron chi connectivity index (χ4n) is 4.21. The minimum atomic E-state index is -4.49. The van der Waals surface area contributed by atoms with Crippen LogP contribution in [0.4, 0.5) is 30.6 Å². The molecule has 33 heavy (non-hydrogen) atoms. The molecule has 0 bridgehead atoms. The van der Waals surface area contributed by atoms with E-state index in [-0.39, 0.29) is 12.5 Å². The van der Waals surface area contributed by atoms with E-state index >= 15 is 0 Å². The summed E-state index contributed by atoms with van der Waals surface area (Å²) in [5.74, 6) is 0.588. The molecule has 0 radical (unpaired) electrons. The van der Waals surface area contributed by atoms with Crippen LogP contribution in [-0.4, -0.2) is 65.2 Å². The molecule has 0 saturated carbocycles. The molecular formula is C21H25F3N8O. The number of nitrogens with zero attached hydrogens (tertiary/aromatic N) is 5. The standard InChI is InChI=1S/C21H25F3N8O/c1-26-16-11-30-20(29-8-12-2-4-32(5-3-12)17(33)7-25)31-18(16)15-10-28-19-14(15)6-13(9-27-19)21(22,23)24/h6,9,11-12,15H,1-5,7-8,10,25H2,(H,27,28)(H,29,30,31). The van der Waals surface area contributed by atoms with Crippen LogP contribution in [0.2, 0.25) is 0 Å². The first-order valence-electron chi connectivity index (χ1n) is 10.7. The van der Waals surface area contributed by atoms with E-state index in [1.807, 2.05) is 0 Å². The molecule has 2 aromatic heterocycles. The van der Waals surface area contributed by atoms with Crippen molar-refractivity contribution in [2.75, 3.05) is 43.4 Å². The van der Waals surface area contributed by atoms with Gasteiger partial charge in [0.05, 0.1) is 24.0 Å². The minimum absolute atomic E-state index is 0.0162. The number of carbonyl (C=O) groups excluding carboxylic acids is 1. The third-order valence-corrected chi connectivity index (χ3v) is 6.08. The summed E-state index contributed by atoms with van der Waals surface area (Å²) >= 11 is 0. The quantitative estimate of drug-likeness (QED) is 0.564. The van der Waals surface area contributed by atoms with Crippen molar-refractivity contribution >= 4 is 30.1 Å². The van der Waals surface area contributed by atoms with Crippen molar-refractivity contribution in [2.24, 2.45) is 16.6 Å². The van der Waals surface area contributed by atoms with Gasteiger partial charge in [0.15, 0.2) is 0 Å². The van der Waals surface area contributed by atoms with Gasteiger partial charge in [0.2, 0.25) is 11.9 Å². The summed E-state index contributed by atoms with van der Waals surface area (Å²) < 4.78 is 39.6. The number of aliphatic imine (C=N–C) groups is 1. The largest absolute Gasteiger partial charge is 0.417 e. The molecule has 2 aliphatic heterocycles. The normalized spacial score (nSPS) is 18.5. The van der Waals surface area contributed by atoms with Crippen LogP contribution in [0.1, 0.15) is 35.6 Å². The number of pyridine rings is 1. The third-order valence-electron chi connectivity index (χ3n) is 6.08. The average molecular weight is 462 g/mol. The molecule has 0 aliphatic carbocycles. The first kappa shape index (κ1) is 22.9. The lowest BCUT2D eigenvalue weighted by molar-refractivity contribution is -0.137. The first-order valence-corrected chi connectivity index (χ1v) is 10.7. The van der Waals surface area contributed by atoms with Gasteiger partial charge in [0, 0.05) is 43.9 Å². The number of carbonyl (C=O) groups is 1. The number of fused-ring (bicyclic) bond motifs is 1. The van der Waals surface area contributed by atoms with Crippen molar-refractivity contribution in [3.8, 4) is 0 Å². The molecule has 4 N–H and O–H groups in total. The van der Waals surface area contributed by atoms with Gasteiger partial charge >= 0.3 is 6.18 Å². The topological polar surface area (TPSA) is 121 Å². The third kappa shape index (κ3) is 4.90. The maximum Gasteiger partial charge on any atom is 0.417 e. The molecule has 1 saturated heterocycles. The Morgan fingerprint density at radius 2 is 2.06 bits per heavy atom. The number of likely N-dealkylation sites (tertiary alicyclic amines) is 1. The van der Waals surface area contributed by atoms with Crippen LogP contribution in [0.5, 0.6) is 0 Å². The van der Waals surface area contributed by atoms with Crippen LogP contribution in [0.15, 0.2) is 23.5 Å². The van der Waals surface area contributed by atoms with Crippen molar-refractivity contribution in [3.63, 3.8) is 0 Å². The van der Waals surface area contributed by atoms with Crippen molar-refractivity contribution < 1.29 is 18.0 Å². The summed E-state index contributed by atoms with van der Waals surface area (Å²) in [5.41, 5.74) is 5.92. The summed E-state index contributed by atoms with van der Waals surface area (Å²) in [6, 6.07) is 1.10. The number of alkyl halides is 3. The number of aromatic nitrogens is 3. The predicted octanol–water partition coefficient (Wildman–Crippen LogP) is 2.39. The highest BCUT2D eigenvalue weighted by Crippen LogP contribution is 2.40. The molecule has 4 rings (SSSR count). The Morgan fingerprint density at radius 1 is 1.30 bits per heavy atom. The number of hydrogen-bond acceptors (Lipinski definition) is 8. The summed E-state index contributed by atoms with van der Waals surface area (Å²) in [6.45, 7) is 5.84. The molecule has 0 spiro atoms. The fourth-order valence-corrected chi connectivity index (χ4v) is 4.21. The van der Waals surface area contributed by atoms with Crippen LogP contribution in [0, 0.1) is 5.92 Å². The number of halogens is 3. The Morgan fingerprint density at radius 3 is 2.73 bits per heavy atom. The summed E-state index contributed by atoms with van der Waals surface area (Å²) in [5, 5.41) is 6.26. The van der Waals surface area contributed by atoms with E-state index < -0.39 is 17.7 Å². The lowest BCUT2D eigenvalue weighted by Crippen LogP contribution is -2.42. The Bertz CT molecular complexity index is 1040. The lowest BCUT2D eigenvalue weighted by atomic mass is 9.96.